The monoisotopic (exact) mass is 420 g/mol. The van der Waals surface area contributed by atoms with Gasteiger partial charge in [0.1, 0.15) is 0 Å². The van der Waals surface area contributed by atoms with E-state index in [9.17, 15) is 10.2 Å². The van der Waals surface area contributed by atoms with Crippen molar-refractivity contribution in [2.75, 3.05) is 0 Å². The van der Waals surface area contributed by atoms with Gasteiger partial charge < -0.3 is 10.2 Å². The second-order valence-corrected chi connectivity index (χ2v) is 14.9. The van der Waals surface area contributed by atoms with Gasteiger partial charge in [0, 0.05) is 0 Å². The molecule has 1 saturated carbocycles. The third-order valence-electron chi connectivity index (χ3n) is 8.37. The SMILES string of the molecule is CC(C)(C)C1=CC(C2CC(C(C)(C)C)C(O)C(C(C)(C)C)C2)CC(C(C)(C)C)C1O. The van der Waals surface area contributed by atoms with Crippen LogP contribution in [-0.2, 0) is 0 Å². The Labute approximate surface area is 187 Å². The summed E-state index contributed by atoms with van der Waals surface area (Å²) in [6.45, 7) is 27.3. The largest absolute Gasteiger partial charge is 0.393 e. The lowest BCUT2D eigenvalue weighted by atomic mass is 9.54. The predicted molar refractivity (Wildman–Crippen MR) is 129 cm³/mol. The highest BCUT2D eigenvalue weighted by atomic mass is 16.3. The fourth-order valence-corrected chi connectivity index (χ4v) is 6.27. The molecule has 0 bridgehead atoms. The van der Waals surface area contributed by atoms with Crippen molar-refractivity contribution in [2.45, 2.75) is 115 Å². The first kappa shape index (κ1) is 25.9. The van der Waals surface area contributed by atoms with Crippen molar-refractivity contribution in [3.8, 4) is 0 Å². The summed E-state index contributed by atoms with van der Waals surface area (Å²) in [5.41, 5.74) is 1.46. The second-order valence-electron chi connectivity index (χ2n) is 14.9. The molecule has 2 N–H and O–H groups in total. The second kappa shape index (κ2) is 8.22. The van der Waals surface area contributed by atoms with Gasteiger partial charge in [0.2, 0.25) is 0 Å². The highest BCUT2D eigenvalue weighted by Gasteiger charge is 2.49. The third-order valence-corrected chi connectivity index (χ3v) is 8.37. The summed E-state index contributed by atoms with van der Waals surface area (Å²) < 4.78 is 0. The quantitative estimate of drug-likeness (QED) is 0.444. The van der Waals surface area contributed by atoms with E-state index in [1.165, 1.54) is 5.57 Å². The van der Waals surface area contributed by atoms with Crippen LogP contribution in [0.1, 0.15) is 102 Å². The fourth-order valence-electron chi connectivity index (χ4n) is 6.27. The lowest BCUT2D eigenvalue weighted by Crippen LogP contribution is -2.50. The van der Waals surface area contributed by atoms with Gasteiger partial charge in [-0.1, -0.05) is 89.2 Å². The highest BCUT2D eigenvalue weighted by molar-refractivity contribution is 5.23. The molecule has 0 radical (unpaired) electrons. The van der Waals surface area contributed by atoms with Crippen LogP contribution in [0.25, 0.3) is 0 Å². The fraction of sp³-hybridized carbons (Fsp3) is 0.929. The van der Waals surface area contributed by atoms with Crippen molar-refractivity contribution >= 4 is 0 Å². The molecule has 1 fully saturated rings. The summed E-state index contributed by atoms with van der Waals surface area (Å²) in [7, 11) is 0. The van der Waals surface area contributed by atoms with Gasteiger partial charge in [-0.15, -0.1) is 0 Å². The van der Waals surface area contributed by atoms with E-state index >= 15 is 0 Å². The number of rotatable bonds is 1. The molecule has 2 aliphatic rings. The maximum atomic E-state index is 11.4. The summed E-state index contributed by atoms with van der Waals surface area (Å²) >= 11 is 0. The standard InChI is InChI=1S/C28H52O2/c1-25(2,3)19-13-17(14-20(23(19)29)26(4,5)6)18-15-21(27(7,8)9)24(30)22(16-18)28(10,11)12/h13,17-18,20-24,29-30H,14-16H2,1-12H3. The van der Waals surface area contributed by atoms with Crippen molar-refractivity contribution < 1.29 is 10.2 Å². The average molecular weight is 421 g/mol. The normalized spacial score (nSPS) is 37.1. The van der Waals surface area contributed by atoms with E-state index in [-0.39, 0.29) is 39.8 Å². The summed E-state index contributed by atoms with van der Waals surface area (Å²) in [4.78, 5) is 0. The number of aliphatic hydroxyl groups is 2. The highest BCUT2D eigenvalue weighted by Crippen LogP contribution is 2.54. The first-order chi connectivity index (χ1) is 13.2. The molecular formula is C28H52O2. The van der Waals surface area contributed by atoms with E-state index in [1.54, 1.807) is 0 Å². The number of aliphatic hydroxyl groups excluding tert-OH is 2. The van der Waals surface area contributed by atoms with Gasteiger partial charge in [-0.25, -0.2) is 0 Å². The molecule has 2 nitrogen and oxygen atoms in total. The summed E-state index contributed by atoms with van der Waals surface area (Å²) in [6.07, 6.45) is 5.09. The van der Waals surface area contributed by atoms with Gasteiger partial charge in [0.25, 0.3) is 0 Å². The van der Waals surface area contributed by atoms with Gasteiger partial charge >= 0.3 is 0 Å². The molecule has 0 aromatic heterocycles. The summed E-state index contributed by atoms with van der Waals surface area (Å²) in [6, 6.07) is 0. The lowest BCUT2D eigenvalue weighted by molar-refractivity contribution is -0.0936. The molecule has 0 aromatic rings. The van der Waals surface area contributed by atoms with E-state index < -0.39 is 0 Å². The Morgan fingerprint density at radius 2 is 1.03 bits per heavy atom. The van der Waals surface area contributed by atoms with Crippen LogP contribution in [0.4, 0.5) is 0 Å². The Kier molecular flexibility index (Phi) is 7.10. The van der Waals surface area contributed by atoms with Gasteiger partial charge in [-0.05, 0) is 76.1 Å². The van der Waals surface area contributed by atoms with Gasteiger partial charge in [0.05, 0.1) is 12.2 Å². The summed E-state index contributed by atoms with van der Waals surface area (Å²) in [5, 5.41) is 22.7. The number of hydrogen-bond acceptors (Lipinski definition) is 2. The average Bonchev–Trinajstić information content (AvgIpc) is 2.50. The van der Waals surface area contributed by atoms with Crippen LogP contribution in [0.2, 0.25) is 0 Å². The van der Waals surface area contributed by atoms with E-state index in [4.69, 9.17) is 0 Å². The van der Waals surface area contributed by atoms with E-state index in [0.29, 0.717) is 23.7 Å². The minimum atomic E-state index is -0.354. The van der Waals surface area contributed by atoms with Crippen LogP contribution in [-0.4, -0.2) is 22.4 Å². The molecule has 0 aliphatic heterocycles. The Bertz CT molecular complexity index is 593. The van der Waals surface area contributed by atoms with Crippen LogP contribution in [0.3, 0.4) is 0 Å². The molecule has 2 rings (SSSR count). The minimum absolute atomic E-state index is 0.0252. The van der Waals surface area contributed by atoms with Crippen LogP contribution >= 0.6 is 0 Å². The maximum absolute atomic E-state index is 11.4. The van der Waals surface area contributed by atoms with E-state index in [2.05, 4.69) is 89.2 Å². The van der Waals surface area contributed by atoms with Crippen molar-refractivity contribution in [3.63, 3.8) is 0 Å². The molecule has 30 heavy (non-hydrogen) atoms. The molecule has 5 unspecified atom stereocenters. The first-order valence-corrected chi connectivity index (χ1v) is 12.3. The van der Waals surface area contributed by atoms with Gasteiger partial charge in [-0.3, -0.25) is 0 Å². The zero-order valence-electron chi connectivity index (χ0n) is 22.1. The smallest absolute Gasteiger partial charge is 0.0788 e. The lowest BCUT2D eigenvalue weighted by Gasteiger charge is -2.52. The Morgan fingerprint density at radius 3 is 1.37 bits per heavy atom. The molecule has 5 atom stereocenters. The molecule has 176 valence electrons. The van der Waals surface area contributed by atoms with Crippen molar-refractivity contribution in [2.24, 2.45) is 51.2 Å². The van der Waals surface area contributed by atoms with Crippen molar-refractivity contribution in [3.05, 3.63) is 11.6 Å². The molecule has 0 aromatic carbocycles. The van der Waals surface area contributed by atoms with Gasteiger partial charge in [0.15, 0.2) is 0 Å². The number of hydrogen-bond donors (Lipinski definition) is 2. The van der Waals surface area contributed by atoms with Crippen LogP contribution in [0.5, 0.6) is 0 Å². The molecule has 0 saturated heterocycles. The van der Waals surface area contributed by atoms with Crippen LogP contribution in [0, 0.1) is 51.2 Å². The third kappa shape index (κ3) is 5.52. The summed E-state index contributed by atoms with van der Waals surface area (Å²) in [5.74, 6) is 1.94. The molecule has 0 amide bonds. The van der Waals surface area contributed by atoms with Crippen LogP contribution < -0.4 is 0 Å². The molecule has 0 heterocycles. The number of allylic oxidation sites excluding steroid dienone is 1. The molecule has 2 heteroatoms. The molecular weight excluding hydrogens is 368 g/mol. The van der Waals surface area contributed by atoms with Crippen molar-refractivity contribution in [1.82, 2.24) is 0 Å². The zero-order valence-corrected chi connectivity index (χ0v) is 22.1. The Balaban J connectivity index is 2.49. The topological polar surface area (TPSA) is 40.5 Å². The predicted octanol–water partition coefficient (Wildman–Crippen LogP) is 7.10. The zero-order chi connectivity index (χ0) is 23.4. The van der Waals surface area contributed by atoms with Crippen LogP contribution in [0.15, 0.2) is 11.6 Å². The molecule has 2 aliphatic carbocycles. The van der Waals surface area contributed by atoms with Crippen molar-refractivity contribution in [1.29, 1.82) is 0 Å². The van der Waals surface area contributed by atoms with Gasteiger partial charge in [-0.2, -0.15) is 0 Å². The first-order valence-electron chi connectivity index (χ1n) is 12.3. The Hall–Kier alpha value is -0.340. The molecule has 0 spiro atoms. The minimum Gasteiger partial charge on any atom is -0.393 e. The van der Waals surface area contributed by atoms with E-state index in [0.717, 1.165) is 19.3 Å². The maximum Gasteiger partial charge on any atom is 0.0788 e. The van der Waals surface area contributed by atoms with E-state index in [1.807, 2.05) is 0 Å². The Morgan fingerprint density at radius 1 is 0.633 bits per heavy atom.